The quantitative estimate of drug-likeness (QED) is 0.853. The summed E-state index contributed by atoms with van der Waals surface area (Å²) in [5.74, 6) is -0.224. The molecule has 2 aromatic rings. The molecule has 7 heteroatoms. The third-order valence-electron chi connectivity index (χ3n) is 2.55. The number of nitrogens with zero attached hydrogens (tertiary/aromatic N) is 2. The van der Waals surface area contributed by atoms with Crippen molar-refractivity contribution in [2.75, 3.05) is 5.32 Å². The summed E-state index contributed by atoms with van der Waals surface area (Å²) in [6.45, 7) is 3.78. The van der Waals surface area contributed by atoms with Crippen LogP contribution in [-0.2, 0) is 0 Å². The average Bonchev–Trinajstić information content (AvgIpc) is 2.90. The molecule has 0 aliphatic carbocycles. The highest BCUT2D eigenvalue weighted by molar-refractivity contribution is 7.80. The van der Waals surface area contributed by atoms with E-state index in [4.69, 9.17) is 23.8 Å². The smallest absolute Gasteiger partial charge is 0.271 e. The number of hydrogen-bond acceptors (Lipinski definition) is 3. The Morgan fingerprint density at radius 2 is 1.95 bits per heavy atom. The maximum absolute atomic E-state index is 11.8. The van der Waals surface area contributed by atoms with Gasteiger partial charge >= 0.3 is 0 Å². The van der Waals surface area contributed by atoms with Gasteiger partial charge in [0.05, 0.1) is 0 Å². The zero-order chi connectivity index (χ0) is 15.4. The minimum Gasteiger partial charge on any atom is -0.348 e. The predicted octanol–water partition coefficient (Wildman–Crippen LogP) is 2.92. The summed E-state index contributed by atoms with van der Waals surface area (Å²) >= 11 is 11.1. The molecule has 21 heavy (non-hydrogen) atoms. The molecule has 0 saturated heterocycles. The Morgan fingerprint density at radius 1 is 1.29 bits per heavy atom. The van der Waals surface area contributed by atoms with Gasteiger partial charge in [-0.1, -0.05) is 11.6 Å². The van der Waals surface area contributed by atoms with Gasteiger partial charge in [0.1, 0.15) is 0 Å². The molecule has 5 nitrogen and oxygen atoms in total. The van der Waals surface area contributed by atoms with Gasteiger partial charge in [0.2, 0.25) is 0 Å². The van der Waals surface area contributed by atoms with E-state index in [1.165, 1.54) is 4.68 Å². The molecule has 2 N–H and O–H groups in total. The highest BCUT2D eigenvalue weighted by Gasteiger charge is 2.12. The number of anilines is 1. The van der Waals surface area contributed by atoms with Crippen LogP contribution in [0.3, 0.4) is 0 Å². The fraction of sp³-hybridized carbons (Fsp3) is 0.214. The molecule has 110 valence electrons. The van der Waals surface area contributed by atoms with E-state index in [1.54, 1.807) is 24.4 Å². The molecule has 0 atom stereocenters. The van der Waals surface area contributed by atoms with E-state index < -0.39 is 0 Å². The zero-order valence-corrected chi connectivity index (χ0v) is 13.2. The number of thiocarbonyl (C=S) groups is 1. The van der Waals surface area contributed by atoms with Gasteiger partial charge in [-0.25, -0.2) is 4.68 Å². The van der Waals surface area contributed by atoms with Crippen molar-refractivity contribution in [1.29, 1.82) is 0 Å². The third kappa shape index (κ3) is 4.27. The first kappa shape index (κ1) is 15.5. The second-order valence-electron chi connectivity index (χ2n) is 4.71. The van der Waals surface area contributed by atoms with Crippen molar-refractivity contribution in [1.82, 2.24) is 15.1 Å². The van der Waals surface area contributed by atoms with E-state index >= 15 is 0 Å². The van der Waals surface area contributed by atoms with Crippen LogP contribution in [0.15, 0.2) is 36.5 Å². The summed E-state index contributed by atoms with van der Waals surface area (Å²) in [5.41, 5.74) is 1.12. The number of carbonyl (C=O) groups is 1. The Morgan fingerprint density at radius 3 is 2.57 bits per heavy atom. The number of amides is 1. The van der Waals surface area contributed by atoms with Crippen LogP contribution in [0.1, 0.15) is 24.3 Å². The van der Waals surface area contributed by atoms with Gasteiger partial charge in [-0.15, -0.1) is 0 Å². The fourth-order valence-electron chi connectivity index (χ4n) is 1.61. The largest absolute Gasteiger partial charge is 0.348 e. The lowest BCUT2D eigenvalue weighted by atomic mass is 10.3. The monoisotopic (exact) mass is 322 g/mol. The first-order valence-electron chi connectivity index (χ1n) is 6.39. The van der Waals surface area contributed by atoms with Crippen molar-refractivity contribution >= 4 is 40.5 Å². The van der Waals surface area contributed by atoms with Crippen molar-refractivity contribution in [3.8, 4) is 0 Å². The summed E-state index contributed by atoms with van der Waals surface area (Å²) in [5, 5.41) is 11.0. The molecule has 0 bridgehead atoms. The van der Waals surface area contributed by atoms with Crippen LogP contribution < -0.4 is 10.6 Å². The molecule has 0 aliphatic heterocycles. The molecule has 0 saturated carbocycles. The van der Waals surface area contributed by atoms with Gasteiger partial charge in [0.15, 0.2) is 10.8 Å². The standard InChI is InChI=1S/C14H15ClN4OS/c1-9(2)16-13(20)12-7-8-19(18-12)14(21)17-11-5-3-10(15)4-6-11/h3-9H,1-2H3,(H,16,20)(H,17,21). The first-order chi connectivity index (χ1) is 9.95. The van der Waals surface area contributed by atoms with Gasteiger partial charge < -0.3 is 10.6 Å². The summed E-state index contributed by atoms with van der Waals surface area (Å²) < 4.78 is 1.44. The Kier molecular flexibility index (Phi) is 4.93. The van der Waals surface area contributed by atoms with Gasteiger partial charge in [0, 0.05) is 22.9 Å². The average molecular weight is 323 g/mol. The van der Waals surface area contributed by atoms with Crippen LogP contribution in [0.4, 0.5) is 5.69 Å². The van der Waals surface area contributed by atoms with E-state index in [-0.39, 0.29) is 11.9 Å². The van der Waals surface area contributed by atoms with E-state index in [9.17, 15) is 4.79 Å². The molecular formula is C14H15ClN4OS. The number of carbonyl (C=O) groups excluding carboxylic acids is 1. The molecule has 0 fully saturated rings. The van der Waals surface area contributed by atoms with E-state index in [1.807, 2.05) is 26.0 Å². The highest BCUT2D eigenvalue weighted by Crippen LogP contribution is 2.13. The summed E-state index contributed by atoms with van der Waals surface area (Å²) in [6.07, 6.45) is 1.64. The van der Waals surface area contributed by atoms with Crippen LogP contribution >= 0.6 is 23.8 Å². The lowest BCUT2D eigenvalue weighted by molar-refractivity contribution is 0.0938. The van der Waals surface area contributed by atoms with Crippen molar-refractivity contribution in [2.45, 2.75) is 19.9 Å². The van der Waals surface area contributed by atoms with E-state index in [0.29, 0.717) is 15.8 Å². The molecule has 0 unspecified atom stereocenters. The van der Waals surface area contributed by atoms with E-state index in [0.717, 1.165) is 5.69 Å². The lowest BCUT2D eigenvalue weighted by Crippen LogP contribution is -2.30. The van der Waals surface area contributed by atoms with Gasteiger partial charge in [-0.2, -0.15) is 5.10 Å². The van der Waals surface area contributed by atoms with Crippen molar-refractivity contribution in [2.24, 2.45) is 0 Å². The first-order valence-corrected chi connectivity index (χ1v) is 7.18. The maximum atomic E-state index is 11.8. The molecule has 0 spiro atoms. The number of aromatic nitrogens is 2. The fourth-order valence-corrected chi connectivity index (χ4v) is 1.95. The summed E-state index contributed by atoms with van der Waals surface area (Å²) in [7, 11) is 0. The third-order valence-corrected chi connectivity index (χ3v) is 3.09. The van der Waals surface area contributed by atoms with E-state index in [2.05, 4.69) is 15.7 Å². The number of hydrogen-bond donors (Lipinski definition) is 2. The van der Waals surface area contributed by atoms with Crippen molar-refractivity contribution < 1.29 is 4.79 Å². The Hall–Kier alpha value is -1.92. The minimum absolute atomic E-state index is 0.0572. The molecule has 1 aromatic heterocycles. The molecular weight excluding hydrogens is 308 g/mol. The molecule has 0 aliphatic rings. The van der Waals surface area contributed by atoms with Crippen molar-refractivity contribution in [3.05, 3.63) is 47.2 Å². The molecule has 0 radical (unpaired) electrons. The Balaban J connectivity index is 2.05. The minimum atomic E-state index is -0.224. The normalized spacial score (nSPS) is 10.5. The summed E-state index contributed by atoms with van der Waals surface area (Å²) in [6, 6.07) is 8.82. The van der Waals surface area contributed by atoms with Crippen molar-refractivity contribution in [3.63, 3.8) is 0 Å². The van der Waals surface area contributed by atoms with Crippen LogP contribution in [0.5, 0.6) is 0 Å². The Bertz CT molecular complexity index is 651. The molecule has 1 amide bonds. The Labute approximate surface area is 133 Å². The molecule has 1 heterocycles. The zero-order valence-electron chi connectivity index (χ0n) is 11.6. The van der Waals surface area contributed by atoms with Crippen LogP contribution in [0.25, 0.3) is 0 Å². The van der Waals surface area contributed by atoms with Crippen LogP contribution in [-0.4, -0.2) is 26.8 Å². The van der Waals surface area contributed by atoms with Gasteiger partial charge in [0.25, 0.3) is 5.91 Å². The summed E-state index contributed by atoms with van der Waals surface area (Å²) in [4.78, 5) is 11.8. The number of nitrogens with one attached hydrogen (secondary N) is 2. The number of rotatable bonds is 3. The van der Waals surface area contributed by atoms with Gasteiger partial charge in [-0.3, -0.25) is 4.79 Å². The van der Waals surface area contributed by atoms with Gasteiger partial charge in [-0.05, 0) is 56.4 Å². The topological polar surface area (TPSA) is 59.0 Å². The number of benzene rings is 1. The maximum Gasteiger partial charge on any atom is 0.271 e. The lowest BCUT2D eigenvalue weighted by Gasteiger charge is -2.08. The SMILES string of the molecule is CC(C)NC(=O)c1ccn(C(=S)Nc2ccc(Cl)cc2)n1. The molecule has 2 rings (SSSR count). The van der Waals surface area contributed by atoms with Crippen LogP contribution in [0, 0.1) is 0 Å². The second-order valence-corrected chi connectivity index (χ2v) is 5.53. The molecule has 1 aromatic carbocycles. The second kappa shape index (κ2) is 6.69. The number of halogens is 1. The van der Waals surface area contributed by atoms with Crippen LogP contribution in [0.2, 0.25) is 5.02 Å². The highest BCUT2D eigenvalue weighted by atomic mass is 35.5. The predicted molar refractivity (Wildman–Crippen MR) is 87.9 cm³/mol.